The summed E-state index contributed by atoms with van der Waals surface area (Å²) in [4.78, 5) is 11.7. The van der Waals surface area contributed by atoms with Crippen LogP contribution in [0.15, 0.2) is 33.5 Å². The fraction of sp³-hybridized carbons (Fsp3) is 0.333. The molecule has 0 spiro atoms. The Morgan fingerprint density at radius 1 is 1.47 bits per heavy atom. The van der Waals surface area contributed by atoms with Crippen LogP contribution in [0.2, 0.25) is 0 Å². The summed E-state index contributed by atoms with van der Waals surface area (Å²) in [6, 6.07) is 7.77. The van der Waals surface area contributed by atoms with E-state index in [1.807, 2.05) is 24.3 Å². The number of H-pyrrole nitrogens is 1. The Balaban J connectivity index is 2.49. The minimum Gasteiger partial charge on any atom is -0.275 e. The van der Waals surface area contributed by atoms with E-state index in [0.717, 1.165) is 10.0 Å². The normalized spacial score (nSPS) is 11.1. The maximum absolute atomic E-state index is 11.7. The first-order valence-electron chi connectivity index (χ1n) is 5.49. The Morgan fingerprint density at radius 2 is 2.24 bits per heavy atom. The number of nitrogens with zero attached hydrogens (tertiary/aromatic N) is 2. The molecule has 5 heteroatoms. The van der Waals surface area contributed by atoms with Gasteiger partial charge in [-0.3, -0.25) is 4.57 Å². The van der Waals surface area contributed by atoms with Crippen LogP contribution in [0.3, 0.4) is 0 Å². The van der Waals surface area contributed by atoms with E-state index in [-0.39, 0.29) is 5.69 Å². The quantitative estimate of drug-likeness (QED) is 0.946. The van der Waals surface area contributed by atoms with Gasteiger partial charge in [0.1, 0.15) is 0 Å². The van der Waals surface area contributed by atoms with Gasteiger partial charge in [0.2, 0.25) is 0 Å². The van der Waals surface area contributed by atoms with Crippen molar-refractivity contribution in [1.82, 2.24) is 14.8 Å². The molecule has 1 heterocycles. The molecule has 0 fully saturated rings. The van der Waals surface area contributed by atoms with E-state index in [1.54, 1.807) is 4.57 Å². The van der Waals surface area contributed by atoms with E-state index >= 15 is 0 Å². The first kappa shape index (κ1) is 12.1. The lowest BCUT2D eigenvalue weighted by molar-refractivity contribution is 0.515. The van der Waals surface area contributed by atoms with Crippen molar-refractivity contribution < 1.29 is 0 Å². The van der Waals surface area contributed by atoms with Crippen LogP contribution in [0.25, 0.3) is 11.4 Å². The molecule has 90 valence electrons. The van der Waals surface area contributed by atoms with E-state index in [2.05, 4.69) is 40.0 Å². The number of halogens is 1. The monoisotopic (exact) mass is 295 g/mol. The first-order chi connectivity index (χ1) is 8.08. The van der Waals surface area contributed by atoms with Crippen LogP contribution in [-0.2, 0) is 6.54 Å². The summed E-state index contributed by atoms with van der Waals surface area (Å²) in [5.74, 6) is 1.08. The summed E-state index contributed by atoms with van der Waals surface area (Å²) in [5, 5.41) is 6.59. The van der Waals surface area contributed by atoms with Crippen molar-refractivity contribution in [2.45, 2.75) is 20.4 Å². The second-order valence-electron chi connectivity index (χ2n) is 4.37. The largest absolute Gasteiger partial charge is 0.343 e. The van der Waals surface area contributed by atoms with Gasteiger partial charge >= 0.3 is 5.69 Å². The highest BCUT2D eigenvalue weighted by Crippen LogP contribution is 2.20. The molecule has 0 saturated heterocycles. The Bertz CT molecular complexity index is 571. The molecule has 1 aromatic carbocycles. The lowest BCUT2D eigenvalue weighted by Gasteiger charge is -2.08. The Kier molecular flexibility index (Phi) is 3.47. The number of rotatable bonds is 3. The summed E-state index contributed by atoms with van der Waals surface area (Å²) in [6.45, 7) is 4.81. The van der Waals surface area contributed by atoms with Gasteiger partial charge in [-0.1, -0.05) is 41.9 Å². The van der Waals surface area contributed by atoms with Crippen LogP contribution in [0, 0.1) is 5.92 Å². The molecule has 2 rings (SSSR count). The molecule has 1 N–H and O–H groups in total. The molecule has 0 radical (unpaired) electrons. The smallest absolute Gasteiger partial charge is 0.275 e. The second-order valence-corrected chi connectivity index (χ2v) is 5.28. The third kappa shape index (κ3) is 2.66. The predicted octanol–water partition coefficient (Wildman–Crippen LogP) is 2.66. The standard InChI is InChI=1S/C12H14BrN3O/c1-8(2)7-16-11(14-15-12(16)17)9-4-3-5-10(13)6-9/h3-6,8H,7H2,1-2H3,(H,15,17). The SMILES string of the molecule is CC(C)Cn1c(-c2cccc(Br)c2)n[nH]c1=O. The zero-order chi connectivity index (χ0) is 12.4. The number of aromatic amines is 1. The van der Waals surface area contributed by atoms with E-state index < -0.39 is 0 Å². The van der Waals surface area contributed by atoms with Crippen molar-refractivity contribution in [1.29, 1.82) is 0 Å². The van der Waals surface area contributed by atoms with Gasteiger partial charge in [-0.25, -0.2) is 9.89 Å². The van der Waals surface area contributed by atoms with Gasteiger partial charge in [-0.2, -0.15) is 5.10 Å². The minimum absolute atomic E-state index is 0.159. The average Bonchev–Trinajstić information content (AvgIpc) is 2.60. The van der Waals surface area contributed by atoms with Gasteiger partial charge in [-0.05, 0) is 18.1 Å². The molecular weight excluding hydrogens is 282 g/mol. The number of nitrogens with one attached hydrogen (secondary N) is 1. The van der Waals surface area contributed by atoms with Gasteiger partial charge < -0.3 is 0 Å². The molecule has 0 amide bonds. The van der Waals surface area contributed by atoms with E-state index in [4.69, 9.17) is 0 Å². The molecule has 0 unspecified atom stereocenters. The molecule has 0 atom stereocenters. The van der Waals surface area contributed by atoms with Crippen LogP contribution in [0.1, 0.15) is 13.8 Å². The van der Waals surface area contributed by atoms with Crippen molar-refractivity contribution in [2.75, 3.05) is 0 Å². The summed E-state index contributed by atoms with van der Waals surface area (Å²) in [7, 11) is 0. The molecule has 4 nitrogen and oxygen atoms in total. The van der Waals surface area contributed by atoms with Crippen LogP contribution in [0.5, 0.6) is 0 Å². The zero-order valence-electron chi connectivity index (χ0n) is 9.77. The number of benzene rings is 1. The predicted molar refractivity (Wildman–Crippen MR) is 70.8 cm³/mol. The van der Waals surface area contributed by atoms with Gasteiger partial charge in [-0.15, -0.1) is 0 Å². The molecule has 0 aliphatic rings. The molecule has 0 bridgehead atoms. The van der Waals surface area contributed by atoms with E-state index in [1.165, 1.54) is 0 Å². The van der Waals surface area contributed by atoms with Crippen LogP contribution < -0.4 is 5.69 Å². The highest BCUT2D eigenvalue weighted by molar-refractivity contribution is 9.10. The van der Waals surface area contributed by atoms with Crippen molar-refractivity contribution in [3.63, 3.8) is 0 Å². The third-order valence-corrected chi connectivity index (χ3v) is 2.88. The van der Waals surface area contributed by atoms with Crippen molar-refractivity contribution >= 4 is 15.9 Å². The average molecular weight is 296 g/mol. The van der Waals surface area contributed by atoms with E-state index in [0.29, 0.717) is 18.3 Å². The zero-order valence-corrected chi connectivity index (χ0v) is 11.4. The second kappa shape index (κ2) is 4.87. The molecule has 0 aliphatic heterocycles. The molecule has 17 heavy (non-hydrogen) atoms. The Hall–Kier alpha value is -1.36. The Morgan fingerprint density at radius 3 is 2.88 bits per heavy atom. The Labute approximate surface area is 108 Å². The fourth-order valence-corrected chi connectivity index (χ4v) is 2.10. The van der Waals surface area contributed by atoms with Crippen LogP contribution >= 0.6 is 15.9 Å². The highest BCUT2D eigenvalue weighted by Gasteiger charge is 2.11. The maximum Gasteiger partial charge on any atom is 0.343 e. The van der Waals surface area contributed by atoms with Crippen molar-refractivity contribution in [3.8, 4) is 11.4 Å². The maximum atomic E-state index is 11.7. The van der Waals surface area contributed by atoms with Crippen molar-refractivity contribution in [3.05, 3.63) is 39.2 Å². The minimum atomic E-state index is -0.159. The molecule has 2 aromatic rings. The molecule has 0 saturated carbocycles. The number of hydrogen-bond acceptors (Lipinski definition) is 2. The van der Waals surface area contributed by atoms with Gasteiger partial charge in [0.15, 0.2) is 5.82 Å². The lowest BCUT2D eigenvalue weighted by Crippen LogP contribution is -2.20. The third-order valence-electron chi connectivity index (χ3n) is 2.39. The number of aromatic nitrogens is 3. The number of hydrogen-bond donors (Lipinski definition) is 1. The highest BCUT2D eigenvalue weighted by atomic mass is 79.9. The molecule has 0 aliphatic carbocycles. The van der Waals surface area contributed by atoms with Gasteiger partial charge in [0.05, 0.1) is 0 Å². The summed E-state index contributed by atoms with van der Waals surface area (Å²) >= 11 is 3.42. The summed E-state index contributed by atoms with van der Waals surface area (Å²) < 4.78 is 2.65. The fourth-order valence-electron chi connectivity index (χ4n) is 1.70. The molecular formula is C12H14BrN3O. The topological polar surface area (TPSA) is 50.7 Å². The first-order valence-corrected chi connectivity index (χ1v) is 6.28. The molecule has 1 aromatic heterocycles. The van der Waals surface area contributed by atoms with Crippen LogP contribution in [-0.4, -0.2) is 14.8 Å². The summed E-state index contributed by atoms with van der Waals surface area (Å²) in [5.41, 5.74) is 0.770. The van der Waals surface area contributed by atoms with Crippen LogP contribution in [0.4, 0.5) is 0 Å². The summed E-state index contributed by atoms with van der Waals surface area (Å²) in [6.07, 6.45) is 0. The van der Waals surface area contributed by atoms with Gasteiger partial charge in [0, 0.05) is 16.6 Å². The van der Waals surface area contributed by atoms with Crippen molar-refractivity contribution in [2.24, 2.45) is 5.92 Å². The van der Waals surface area contributed by atoms with E-state index in [9.17, 15) is 4.79 Å². The van der Waals surface area contributed by atoms with Gasteiger partial charge in [0.25, 0.3) is 0 Å². The lowest BCUT2D eigenvalue weighted by atomic mass is 10.2.